The van der Waals surface area contributed by atoms with E-state index in [0.717, 1.165) is 70.6 Å². The van der Waals surface area contributed by atoms with Gasteiger partial charge in [0.2, 0.25) is 0 Å². The number of hydrogen-bond donors (Lipinski definition) is 3. The van der Waals surface area contributed by atoms with Gasteiger partial charge in [-0.1, -0.05) is 122 Å². The second kappa shape index (κ2) is 34.1. The number of carbonyl (C=O) groups excluding carboxylic acids is 2. The van der Waals surface area contributed by atoms with E-state index in [0.29, 0.717) is 12.8 Å². The number of phosphoric ester groups is 1. The molecule has 292 valence electrons. The second-order valence-corrected chi connectivity index (χ2v) is 14.5. The lowest BCUT2D eigenvalue weighted by Crippen LogP contribution is -2.34. The molecule has 50 heavy (non-hydrogen) atoms. The van der Waals surface area contributed by atoms with Crippen molar-refractivity contribution in [1.29, 1.82) is 0 Å². The van der Waals surface area contributed by atoms with Crippen molar-refractivity contribution in [3.05, 3.63) is 24.3 Å². The number of rotatable bonds is 36. The number of hydrogen-bond acceptors (Lipinski definition) is 9. The van der Waals surface area contributed by atoms with Crippen LogP contribution in [0, 0.1) is 0 Å². The Kier molecular flexibility index (Phi) is 32.7. The minimum absolute atomic E-state index is 0.156. The molecule has 0 fully saturated rings. The maximum Gasteiger partial charge on any atom is 0.472 e. The Balaban J connectivity index is 4.44. The third kappa shape index (κ3) is 33.1. The number of carboxylic acids is 1. The summed E-state index contributed by atoms with van der Waals surface area (Å²) >= 11 is 0. The van der Waals surface area contributed by atoms with E-state index in [4.69, 9.17) is 24.8 Å². The molecule has 0 aliphatic heterocycles. The number of carbonyl (C=O) groups is 3. The van der Waals surface area contributed by atoms with Crippen LogP contribution in [0.5, 0.6) is 0 Å². The predicted molar refractivity (Wildman–Crippen MR) is 199 cm³/mol. The number of ether oxygens (including phenoxy) is 2. The van der Waals surface area contributed by atoms with Gasteiger partial charge in [0, 0.05) is 12.8 Å². The molecule has 11 nitrogen and oxygen atoms in total. The molecule has 0 saturated carbocycles. The van der Waals surface area contributed by atoms with Crippen LogP contribution in [0.1, 0.15) is 168 Å². The molecule has 4 N–H and O–H groups in total. The quantitative estimate of drug-likeness (QED) is 0.0242. The van der Waals surface area contributed by atoms with Crippen molar-refractivity contribution in [3.63, 3.8) is 0 Å². The summed E-state index contributed by atoms with van der Waals surface area (Å²) in [5.41, 5.74) is 5.31. The van der Waals surface area contributed by atoms with E-state index in [1.807, 2.05) is 0 Å². The fourth-order valence-electron chi connectivity index (χ4n) is 5.04. The van der Waals surface area contributed by atoms with Crippen LogP contribution in [0.25, 0.3) is 0 Å². The van der Waals surface area contributed by atoms with Gasteiger partial charge in [-0.15, -0.1) is 0 Å². The van der Waals surface area contributed by atoms with Crippen molar-refractivity contribution in [2.45, 2.75) is 180 Å². The molecule has 0 spiro atoms. The van der Waals surface area contributed by atoms with Gasteiger partial charge in [-0.05, 0) is 57.8 Å². The van der Waals surface area contributed by atoms with E-state index < -0.39 is 51.1 Å². The van der Waals surface area contributed by atoms with Crippen LogP contribution in [0.3, 0.4) is 0 Å². The zero-order chi connectivity index (χ0) is 37.1. The Bertz CT molecular complexity index is 958. The van der Waals surface area contributed by atoms with Crippen LogP contribution in [-0.2, 0) is 37.5 Å². The number of carboxylic acid groups (broad SMARTS) is 1. The molecular weight excluding hydrogens is 661 g/mol. The number of phosphoric acid groups is 1. The highest BCUT2D eigenvalue weighted by Crippen LogP contribution is 2.43. The van der Waals surface area contributed by atoms with E-state index in [2.05, 4.69) is 42.7 Å². The van der Waals surface area contributed by atoms with Crippen LogP contribution in [-0.4, -0.2) is 59.9 Å². The molecule has 0 aromatic heterocycles. The van der Waals surface area contributed by atoms with E-state index in [9.17, 15) is 23.8 Å². The Hall–Kier alpha value is -2.04. The number of unbranched alkanes of at least 4 members (excludes halogenated alkanes) is 18. The normalized spacial score (nSPS) is 14.2. The fraction of sp³-hybridized carbons (Fsp3) is 0.816. The van der Waals surface area contributed by atoms with Crippen LogP contribution in [0.15, 0.2) is 24.3 Å². The standard InChI is InChI=1S/C38H70NO10P/c1-3-5-7-9-11-13-15-16-17-18-20-22-24-26-28-30-37(41)49-34(32-47-50(44,45)48-33-35(39)38(42)43)31-46-36(40)29-27-25-23-21-19-14-12-10-8-6-4-2/h10,12-13,15,34-35H,3-9,11,14,16-33,39H2,1-2H3,(H,42,43)(H,44,45)/b12-10+,15-13+/t34-,35+/m1/s1. The largest absolute Gasteiger partial charge is 0.480 e. The van der Waals surface area contributed by atoms with Gasteiger partial charge in [-0.2, -0.15) is 0 Å². The molecule has 0 rings (SSSR count). The maximum absolute atomic E-state index is 12.6. The lowest BCUT2D eigenvalue weighted by molar-refractivity contribution is -0.161. The first-order chi connectivity index (χ1) is 24.1. The zero-order valence-electron chi connectivity index (χ0n) is 31.2. The first kappa shape index (κ1) is 48.0. The van der Waals surface area contributed by atoms with Gasteiger partial charge < -0.3 is 25.2 Å². The van der Waals surface area contributed by atoms with Gasteiger partial charge in [0.25, 0.3) is 0 Å². The average molecular weight is 732 g/mol. The Morgan fingerprint density at radius 2 is 1.02 bits per heavy atom. The van der Waals surface area contributed by atoms with Crippen molar-refractivity contribution in [2.75, 3.05) is 19.8 Å². The third-order valence-electron chi connectivity index (χ3n) is 8.17. The third-order valence-corrected chi connectivity index (χ3v) is 9.12. The van der Waals surface area contributed by atoms with E-state index >= 15 is 0 Å². The van der Waals surface area contributed by atoms with Gasteiger partial charge in [0.1, 0.15) is 12.6 Å². The molecule has 12 heteroatoms. The van der Waals surface area contributed by atoms with E-state index in [1.165, 1.54) is 57.8 Å². The van der Waals surface area contributed by atoms with Crippen molar-refractivity contribution >= 4 is 25.7 Å². The molecule has 0 aromatic carbocycles. The van der Waals surface area contributed by atoms with Gasteiger partial charge in [-0.25, -0.2) is 4.57 Å². The molecule has 1 unspecified atom stereocenters. The van der Waals surface area contributed by atoms with Crippen molar-refractivity contribution in [1.82, 2.24) is 0 Å². The maximum atomic E-state index is 12.6. The minimum Gasteiger partial charge on any atom is -0.480 e. The summed E-state index contributed by atoms with van der Waals surface area (Å²) in [4.78, 5) is 45.7. The van der Waals surface area contributed by atoms with Gasteiger partial charge >= 0.3 is 25.7 Å². The summed E-state index contributed by atoms with van der Waals surface area (Å²) in [7, 11) is -4.71. The molecule has 0 aliphatic rings. The van der Waals surface area contributed by atoms with Gasteiger partial charge in [0.15, 0.2) is 6.10 Å². The van der Waals surface area contributed by atoms with E-state index in [1.54, 1.807) is 0 Å². The first-order valence-electron chi connectivity index (χ1n) is 19.4. The SMILES string of the molecule is CCCC/C=C/CCCCCCCC(=O)OC[C@H](COP(=O)(O)OC[C@H](N)C(=O)O)OC(=O)CCCCCCCCC/C=C/CCCCCC. The fourth-order valence-corrected chi connectivity index (χ4v) is 5.82. The van der Waals surface area contributed by atoms with Crippen molar-refractivity contribution in [2.24, 2.45) is 5.73 Å². The minimum atomic E-state index is -4.71. The highest BCUT2D eigenvalue weighted by molar-refractivity contribution is 7.47. The predicted octanol–water partition coefficient (Wildman–Crippen LogP) is 9.50. The Labute approximate surface area is 302 Å². The van der Waals surface area contributed by atoms with Crippen LogP contribution in [0.4, 0.5) is 0 Å². The summed E-state index contributed by atoms with van der Waals surface area (Å²) in [6.45, 7) is 2.72. The smallest absolute Gasteiger partial charge is 0.472 e. The second-order valence-electron chi connectivity index (χ2n) is 13.1. The lowest BCUT2D eigenvalue weighted by atomic mass is 10.1. The highest BCUT2D eigenvalue weighted by atomic mass is 31.2. The highest BCUT2D eigenvalue weighted by Gasteiger charge is 2.28. The monoisotopic (exact) mass is 731 g/mol. The van der Waals surface area contributed by atoms with Crippen LogP contribution in [0.2, 0.25) is 0 Å². The molecule has 0 amide bonds. The topological polar surface area (TPSA) is 172 Å². The molecule has 0 aliphatic carbocycles. The Morgan fingerprint density at radius 3 is 1.52 bits per heavy atom. The first-order valence-corrected chi connectivity index (χ1v) is 20.9. The lowest BCUT2D eigenvalue weighted by Gasteiger charge is -2.20. The summed E-state index contributed by atoms with van der Waals surface area (Å²) < 4.78 is 32.5. The van der Waals surface area contributed by atoms with Crippen molar-refractivity contribution < 1.29 is 47.5 Å². The van der Waals surface area contributed by atoms with Crippen LogP contribution >= 0.6 is 7.82 Å². The molecule has 0 aromatic rings. The summed E-state index contributed by atoms with van der Waals surface area (Å²) in [6, 6.07) is -1.52. The molecule has 0 heterocycles. The molecule has 0 radical (unpaired) electrons. The number of aliphatic carboxylic acids is 1. The number of allylic oxidation sites excluding steroid dienone is 4. The van der Waals surface area contributed by atoms with Gasteiger partial charge in [0.05, 0.1) is 13.2 Å². The molecule has 3 atom stereocenters. The van der Waals surface area contributed by atoms with Crippen LogP contribution < -0.4 is 5.73 Å². The zero-order valence-corrected chi connectivity index (χ0v) is 32.1. The molecule has 0 saturated heterocycles. The molecular formula is C38H70NO10P. The van der Waals surface area contributed by atoms with Crippen molar-refractivity contribution in [3.8, 4) is 0 Å². The summed E-state index contributed by atoms with van der Waals surface area (Å²) in [5.74, 6) is -2.40. The summed E-state index contributed by atoms with van der Waals surface area (Å²) in [5, 5.41) is 8.85. The molecule has 0 bridgehead atoms. The van der Waals surface area contributed by atoms with E-state index in [-0.39, 0.29) is 19.4 Å². The van der Waals surface area contributed by atoms with Gasteiger partial charge in [-0.3, -0.25) is 23.4 Å². The average Bonchev–Trinajstić information content (AvgIpc) is 3.09. The number of nitrogens with two attached hydrogens (primary N) is 1. The summed E-state index contributed by atoms with van der Waals surface area (Å²) in [6.07, 6.45) is 32.5. The number of esters is 2. The Morgan fingerprint density at radius 1 is 0.600 bits per heavy atom.